The fraction of sp³-hybridized carbons (Fsp3) is 0.462. The normalized spacial score (nSPS) is 16.1. The molecule has 0 saturated heterocycles. The maximum Gasteiger partial charge on any atom is 0.222 e. The van der Waals surface area contributed by atoms with Gasteiger partial charge in [-0.15, -0.1) is 0 Å². The van der Waals surface area contributed by atoms with Crippen LogP contribution in [-0.2, 0) is 4.79 Å². The van der Waals surface area contributed by atoms with Crippen LogP contribution in [0, 0.1) is 0 Å². The van der Waals surface area contributed by atoms with Gasteiger partial charge in [0.05, 0.1) is 10.7 Å². The van der Waals surface area contributed by atoms with E-state index in [9.17, 15) is 4.79 Å². The highest BCUT2D eigenvalue weighted by molar-refractivity contribution is 6.33. The van der Waals surface area contributed by atoms with Crippen LogP contribution >= 0.6 is 11.6 Å². The van der Waals surface area contributed by atoms with Gasteiger partial charge in [0.2, 0.25) is 5.91 Å². The molecule has 0 aromatic heterocycles. The third kappa shape index (κ3) is 3.89. The van der Waals surface area contributed by atoms with Crippen molar-refractivity contribution in [1.29, 1.82) is 0 Å². The van der Waals surface area contributed by atoms with Crippen LogP contribution in [-0.4, -0.2) is 24.5 Å². The quantitative estimate of drug-likeness (QED) is 0.736. The van der Waals surface area contributed by atoms with Gasteiger partial charge >= 0.3 is 0 Å². The number of carbonyl (C=O) groups excluding carboxylic acids is 1. The minimum atomic E-state index is -0.0938. The summed E-state index contributed by atoms with van der Waals surface area (Å²) in [5.41, 5.74) is 6.49. The molecule has 1 saturated carbocycles. The monoisotopic (exact) mass is 267 g/mol. The molecule has 98 valence electrons. The van der Waals surface area contributed by atoms with Gasteiger partial charge in [-0.05, 0) is 25.0 Å². The van der Waals surface area contributed by atoms with Crippen LogP contribution < -0.4 is 16.4 Å². The molecular formula is C13H18ClN3O. The number of benzene rings is 1. The smallest absolute Gasteiger partial charge is 0.222 e. The molecule has 1 aromatic carbocycles. The van der Waals surface area contributed by atoms with Gasteiger partial charge in [0.25, 0.3) is 0 Å². The van der Waals surface area contributed by atoms with Crippen LogP contribution in [0.25, 0.3) is 0 Å². The number of hydrogen-bond donors (Lipinski definition) is 3. The van der Waals surface area contributed by atoms with Crippen molar-refractivity contribution in [3.05, 3.63) is 29.3 Å². The fourth-order valence-corrected chi connectivity index (χ4v) is 1.92. The van der Waals surface area contributed by atoms with Crippen molar-refractivity contribution in [2.45, 2.75) is 31.3 Å². The van der Waals surface area contributed by atoms with Crippen LogP contribution in [0.3, 0.4) is 0 Å². The van der Waals surface area contributed by atoms with Gasteiger partial charge in [-0.25, -0.2) is 0 Å². The van der Waals surface area contributed by atoms with Crippen molar-refractivity contribution >= 4 is 23.2 Å². The van der Waals surface area contributed by atoms with Gasteiger partial charge in [-0.3, -0.25) is 4.79 Å². The molecule has 4 N–H and O–H groups in total. The van der Waals surface area contributed by atoms with E-state index in [1.165, 1.54) is 0 Å². The predicted molar refractivity (Wildman–Crippen MR) is 73.7 cm³/mol. The van der Waals surface area contributed by atoms with E-state index in [4.69, 9.17) is 17.3 Å². The second-order valence-corrected chi connectivity index (χ2v) is 5.01. The molecule has 0 radical (unpaired) electrons. The number of hydrogen-bond acceptors (Lipinski definition) is 3. The van der Waals surface area contributed by atoms with E-state index < -0.39 is 0 Å². The third-order valence-electron chi connectivity index (χ3n) is 2.89. The van der Waals surface area contributed by atoms with Crippen LogP contribution in [0.1, 0.15) is 19.3 Å². The van der Waals surface area contributed by atoms with Gasteiger partial charge in [-0.1, -0.05) is 23.7 Å². The molecule has 18 heavy (non-hydrogen) atoms. The fourth-order valence-electron chi connectivity index (χ4n) is 1.73. The lowest BCUT2D eigenvalue weighted by atomic mass is 10.2. The highest BCUT2D eigenvalue weighted by atomic mass is 35.5. The van der Waals surface area contributed by atoms with Gasteiger partial charge in [0.1, 0.15) is 0 Å². The maximum absolute atomic E-state index is 11.7. The summed E-state index contributed by atoms with van der Waals surface area (Å²) < 4.78 is 0. The SMILES string of the molecule is NCC(CC(=O)NC1CC1)Nc1ccccc1Cl. The number of anilines is 1. The van der Waals surface area contributed by atoms with Crippen LogP contribution in [0.5, 0.6) is 0 Å². The summed E-state index contributed by atoms with van der Waals surface area (Å²) >= 11 is 6.05. The molecule has 1 aliphatic carbocycles. The Balaban J connectivity index is 1.88. The van der Waals surface area contributed by atoms with Gasteiger partial charge in [-0.2, -0.15) is 0 Å². The van der Waals surface area contributed by atoms with E-state index in [1.54, 1.807) is 0 Å². The first-order valence-electron chi connectivity index (χ1n) is 6.19. The van der Waals surface area contributed by atoms with Crippen LogP contribution in [0.15, 0.2) is 24.3 Å². The van der Waals surface area contributed by atoms with Crippen molar-refractivity contribution in [3.63, 3.8) is 0 Å². The molecule has 4 nitrogen and oxygen atoms in total. The van der Waals surface area contributed by atoms with E-state index in [1.807, 2.05) is 24.3 Å². The Bertz CT molecular complexity index is 420. The van der Waals surface area contributed by atoms with E-state index in [-0.39, 0.29) is 11.9 Å². The minimum absolute atomic E-state index is 0.0486. The molecule has 1 aromatic rings. The molecule has 1 aliphatic rings. The third-order valence-corrected chi connectivity index (χ3v) is 3.22. The maximum atomic E-state index is 11.7. The Morgan fingerprint density at radius 2 is 2.17 bits per heavy atom. The molecule has 1 amide bonds. The average molecular weight is 268 g/mol. The molecule has 5 heteroatoms. The highest BCUT2D eigenvalue weighted by Gasteiger charge is 2.24. The van der Waals surface area contributed by atoms with Crippen molar-refractivity contribution in [3.8, 4) is 0 Å². The molecule has 0 spiro atoms. The Morgan fingerprint density at radius 1 is 1.44 bits per heavy atom. The molecule has 1 fully saturated rings. The first-order valence-corrected chi connectivity index (χ1v) is 6.57. The minimum Gasteiger partial charge on any atom is -0.379 e. The number of nitrogens with one attached hydrogen (secondary N) is 2. The van der Waals surface area contributed by atoms with E-state index in [0.29, 0.717) is 24.0 Å². The summed E-state index contributed by atoms with van der Waals surface area (Å²) in [5.74, 6) is 0.0486. The predicted octanol–water partition coefficient (Wildman–Crippen LogP) is 1.75. The van der Waals surface area contributed by atoms with Crippen LogP contribution in [0.4, 0.5) is 5.69 Å². The lowest BCUT2D eigenvalue weighted by Crippen LogP contribution is -2.36. The van der Waals surface area contributed by atoms with E-state index in [0.717, 1.165) is 18.5 Å². The Morgan fingerprint density at radius 3 is 2.78 bits per heavy atom. The lowest BCUT2D eigenvalue weighted by Gasteiger charge is -2.18. The molecular weight excluding hydrogens is 250 g/mol. The Labute approximate surface area is 112 Å². The zero-order valence-electron chi connectivity index (χ0n) is 10.2. The highest BCUT2D eigenvalue weighted by Crippen LogP contribution is 2.22. The standard InChI is InChI=1S/C13H18ClN3O/c14-11-3-1-2-4-12(11)16-10(8-15)7-13(18)17-9-5-6-9/h1-4,9-10,16H,5-8,15H2,(H,17,18). The summed E-state index contributed by atoms with van der Waals surface area (Å²) in [6.07, 6.45) is 2.56. The summed E-state index contributed by atoms with van der Waals surface area (Å²) in [7, 11) is 0. The van der Waals surface area contributed by atoms with Crippen molar-refractivity contribution < 1.29 is 4.79 Å². The number of amides is 1. The number of rotatable bonds is 6. The molecule has 0 bridgehead atoms. The molecule has 0 heterocycles. The number of para-hydroxylation sites is 1. The molecule has 1 unspecified atom stereocenters. The Hall–Kier alpha value is -1.26. The largest absolute Gasteiger partial charge is 0.379 e. The molecule has 0 aliphatic heterocycles. The second-order valence-electron chi connectivity index (χ2n) is 4.60. The lowest BCUT2D eigenvalue weighted by molar-refractivity contribution is -0.121. The van der Waals surface area contributed by atoms with Crippen LogP contribution in [0.2, 0.25) is 5.02 Å². The zero-order chi connectivity index (χ0) is 13.0. The summed E-state index contributed by atoms with van der Waals surface area (Å²) in [6, 6.07) is 7.74. The van der Waals surface area contributed by atoms with E-state index >= 15 is 0 Å². The number of halogens is 1. The first kappa shape index (κ1) is 13.2. The molecule has 2 rings (SSSR count). The topological polar surface area (TPSA) is 67.2 Å². The van der Waals surface area contributed by atoms with Crippen molar-refractivity contribution in [1.82, 2.24) is 5.32 Å². The van der Waals surface area contributed by atoms with Gasteiger partial charge in [0.15, 0.2) is 0 Å². The molecule has 1 atom stereocenters. The summed E-state index contributed by atoms with van der Waals surface area (Å²) in [6.45, 7) is 0.392. The zero-order valence-corrected chi connectivity index (χ0v) is 10.9. The van der Waals surface area contributed by atoms with Crippen molar-refractivity contribution in [2.75, 3.05) is 11.9 Å². The first-order chi connectivity index (χ1) is 8.69. The average Bonchev–Trinajstić information content (AvgIpc) is 3.14. The Kier molecular flexibility index (Phi) is 4.44. The van der Waals surface area contributed by atoms with Gasteiger partial charge < -0.3 is 16.4 Å². The van der Waals surface area contributed by atoms with Crippen molar-refractivity contribution in [2.24, 2.45) is 5.73 Å². The number of nitrogens with two attached hydrogens (primary N) is 1. The van der Waals surface area contributed by atoms with E-state index in [2.05, 4.69) is 10.6 Å². The summed E-state index contributed by atoms with van der Waals surface area (Å²) in [4.78, 5) is 11.7. The summed E-state index contributed by atoms with van der Waals surface area (Å²) in [5, 5.41) is 6.79. The van der Waals surface area contributed by atoms with Gasteiger partial charge in [0, 0.05) is 25.0 Å². The number of carbonyl (C=O) groups is 1. The second kappa shape index (κ2) is 6.07.